The van der Waals surface area contributed by atoms with Crippen LogP contribution in [0.15, 0.2) is 59.7 Å². The molecule has 4 aromatic rings. The number of morpholine rings is 1. The quantitative estimate of drug-likeness (QED) is 0.261. The average molecular weight is 685 g/mol. The van der Waals surface area contributed by atoms with Gasteiger partial charge < -0.3 is 24.6 Å². The molecule has 1 amide bonds. The van der Waals surface area contributed by atoms with Crippen molar-refractivity contribution in [2.75, 3.05) is 24.7 Å². The Kier molecular flexibility index (Phi) is 9.18. The zero-order valence-electron chi connectivity index (χ0n) is 24.6. The van der Waals surface area contributed by atoms with Crippen molar-refractivity contribution < 1.29 is 54.6 Å². The molecule has 48 heavy (non-hydrogen) atoms. The van der Waals surface area contributed by atoms with Crippen molar-refractivity contribution in [3.05, 3.63) is 93.5 Å². The number of rotatable bonds is 7. The van der Waals surface area contributed by atoms with Crippen LogP contribution in [0.25, 0.3) is 22.0 Å². The number of carboxylic acids is 1. The van der Waals surface area contributed by atoms with E-state index in [-0.39, 0.29) is 35.2 Å². The number of aryl methyl sites for hydroxylation is 1. The van der Waals surface area contributed by atoms with Crippen molar-refractivity contribution in [1.29, 1.82) is 0 Å². The number of carbonyl (C=O) groups excluding carboxylic acids is 1. The Balaban J connectivity index is 1.47. The monoisotopic (exact) mass is 684 g/mol. The van der Waals surface area contributed by atoms with E-state index in [1.807, 2.05) is 5.32 Å². The highest BCUT2D eigenvalue weighted by Gasteiger charge is 2.46. The van der Waals surface area contributed by atoms with Crippen LogP contribution in [0.5, 0.6) is 0 Å². The number of aromatic nitrogens is 2. The lowest BCUT2D eigenvalue weighted by atomic mass is 9.95. The number of nitrogens with one attached hydrogen (secondary N) is 1. The number of benzene rings is 2. The number of hydrogen-bond donors (Lipinski definition) is 2. The van der Waals surface area contributed by atoms with E-state index in [0.717, 1.165) is 23.0 Å². The molecule has 1 aliphatic rings. The minimum atomic E-state index is -4.92. The summed E-state index contributed by atoms with van der Waals surface area (Å²) in [5.74, 6) is -6.28. The zero-order chi connectivity index (χ0) is 35.1. The Bertz CT molecular complexity index is 1940. The largest absolute Gasteiger partial charge is 0.480 e. The molecule has 2 aromatic carbocycles. The maximum atomic E-state index is 15.1. The highest BCUT2D eigenvalue weighted by atomic mass is 19.4. The highest BCUT2D eigenvalue weighted by Crippen LogP contribution is 2.37. The first kappa shape index (κ1) is 34.3. The molecule has 254 valence electrons. The molecule has 0 saturated carbocycles. The van der Waals surface area contributed by atoms with Crippen LogP contribution >= 0.6 is 0 Å². The lowest BCUT2D eigenvalue weighted by Crippen LogP contribution is -2.53. The Morgan fingerprint density at radius 1 is 1.06 bits per heavy atom. The number of carboxylic acid groups (broad SMARTS) is 1. The van der Waals surface area contributed by atoms with Gasteiger partial charge in [0.1, 0.15) is 29.3 Å². The van der Waals surface area contributed by atoms with Crippen molar-refractivity contribution in [3.8, 4) is 11.3 Å². The van der Waals surface area contributed by atoms with E-state index in [9.17, 15) is 45.8 Å². The molecule has 0 unspecified atom stereocenters. The lowest BCUT2D eigenvalue weighted by molar-refractivity contribution is -0.167. The summed E-state index contributed by atoms with van der Waals surface area (Å²) in [6, 6.07) is 3.21. The summed E-state index contributed by atoms with van der Waals surface area (Å²) in [6.07, 6.45) is -8.19. The van der Waals surface area contributed by atoms with Gasteiger partial charge in [0.2, 0.25) is 0 Å². The molecule has 9 nitrogen and oxygen atoms in total. The lowest BCUT2D eigenvalue weighted by Gasteiger charge is -2.38. The van der Waals surface area contributed by atoms with Gasteiger partial charge in [0.25, 0.3) is 11.5 Å². The first-order valence-electron chi connectivity index (χ1n) is 14.1. The third-order valence-corrected chi connectivity index (χ3v) is 7.83. The first-order chi connectivity index (χ1) is 22.5. The van der Waals surface area contributed by atoms with E-state index < -0.39 is 88.9 Å². The van der Waals surface area contributed by atoms with Crippen LogP contribution in [-0.4, -0.2) is 64.6 Å². The van der Waals surface area contributed by atoms with Gasteiger partial charge in [0.05, 0.1) is 30.0 Å². The van der Waals surface area contributed by atoms with Gasteiger partial charge >= 0.3 is 18.3 Å². The number of aliphatic carboxylic acids is 1. The van der Waals surface area contributed by atoms with Gasteiger partial charge in [0, 0.05) is 43.5 Å². The highest BCUT2D eigenvalue weighted by molar-refractivity contribution is 5.99. The maximum Gasteiger partial charge on any atom is 0.417 e. The summed E-state index contributed by atoms with van der Waals surface area (Å²) in [7, 11) is 1.25. The third-order valence-electron chi connectivity index (χ3n) is 7.83. The Morgan fingerprint density at radius 3 is 2.38 bits per heavy atom. The molecule has 1 saturated heterocycles. The van der Waals surface area contributed by atoms with Gasteiger partial charge in [-0.25, -0.2) is 13.6 Å². The number of amides is 1. The van der Waals surface area contributed by atoms with Crippen LogP contribution in [0, 0.1) is 11.6 Å². The molecule has 3 heterocycles. The molecular weight excluding hydrogens is 660 g/mol. The van der Waals surface area contributed by atoms with Gasteiger partial charge in [-0.05, 0) is 35.2 Å². The number of pyridine rings is 2. The standard InChI is InChI=1S/C31H24F8N4O5/c1-42-8-6-19(30(34,35)36)24(28(42)45)26-18-4-2-3-15(17(18)5-7-40-26)11-22(29(46)47)41-27(44)25-20(32)12-16(13-21(25)33)43-9-10-48-14-23(43)31(37,38)39/h2-8,12-13,22-23H,9-11,14H2,1H3,(H,41,44)(H,46,47)/t22-,23+/m0/s1. The molecule has 0 aliphatic carbocycles. The second-order valence-electron chi connectivity index (χ2n) is 10.9. The smallest absolute Gasteiger partial charge is 0.417 e. The minimum absolute atomic E-state index is 0.0483. The Labute approximate surface area is 265 Å². The predicted molar refractivity (Wildman–Crippen MR) is 154 cm³/mol. The van der Waals surface area contributed by atoms with E-state index in [1.165, 1.54) is 31.3 Å². The molecular formula is C31H24F8N4O5. The summed E-state index contributed by atoms with van der Waals surface area (Å²) in [5.41, 5.74) is -4.92. The molecule has 0 spiro atoms. The van der Waals surface area contributed by atoms with E-state index >= 15 is 8.78 Å². The van der Waals surface area contributed by atoms with E-state index in [0.29, 0.717) is 17.0 Å². The normalized spacial score (nSPS) is 16.2. The number of anilines is 1. The second kappa shape index (κ2) is 12.9. The van der Waals surface area contributed by atoms with Crippen LogP contribution in [-0.2, 0) is 29.2 Å². The van der Waals surface area contributed by atoms with Crippen LogP contribution in [0.4, 0.5) is 40.8 Å². The number of carbonyl (C=O) groups is 2. The van der Waals surface area contributed by atoms with Gasteiger partial charge in [-0.15, -0.1) is 0 Å². The molecule has 0 radical (unpaired) electrons. The van der Waals surface area contributed by atoms with Crippen LogP contribution in [0.1, 0.15) is 21.5 Å². The molecule has 2 N–H and O–H groups in total. The summed E-state index contributed by atoms with van der Waals surface area (Å²) in [5, 5.41) is 12.1. The van der Waals surface area contributed by atoms with E-state index in [2.05, 4.69) is 4.98 Å². The fraction of sp³-hybridized carbons (Fsp3) is 0.290. The Hall–Kier alpha value is -5.06. The van der Waals surface area contributed by atoms with Gasteiger partial charge in [0.15, 0.2) is 0 Å². The summed E-state index contributed by atoms with van der Waals surface area (Å²) < 4.78 is 118. The molecule has 1 fully saturated rings. The molecule has 1 aliphatic heterocycles. The van der Waals surface area contributed by atoms with Gasteiger partial charge in [-0.1, -0.05) is 18.2 Å². The number of nitrogens with zero attached hydrogens (tertiary/aromatic N) is 3. The van der Waals surface area contributed by atoms with Crippen molar-refractivity contribution in [2.24, 2.45) is 7.05 Å². The molecule has 0 bridgehead atoms. The van der Waals surface area contributed by atoms with E-state index in [1.54, 1.807) is 0 Å². The summed E-state index contributed by atoms with van der Waals surface area (Å²) in [4.78, 5) is 42.8. The first-order valence-corrected chi connectivity index (χ1v) is 14.1. The zero-order valence-corrected chi connectivity index (χ0v) is 24.6. The van der Waals surface area contributed by atoms with Crippen LogP contribution in [0.3, 0.4) is 0 Å². The maximum absolute atomic E-state index is 15.1. The van der Waals surface area contributed by atoms with Crippen molar-refractivity contribution in [2.45, 2.75) is 30.9 Å². The molecule has 2 atom stereocenters. The van der Waals surface area contributed by atoms with Crippen molar-refractivity contribution in [3.63, 3.8) is 0 Å². The molecule has 17 heteroatoms. The number of hydrogen-bond acceptors (Lipinski definition) is 6. The number of fused-ring (bicyclic) bond motifs is 1. The minimum Gasteiger partial charge on any atom is -0.480 e. The van der Waals surface area contributed by atoms with E-state index in [4.69, 9.17) is 4.74 Å². The van der Waals surface area contributed by atoms with Crippen LogP contribution in [0.2, 0.25) is 0 Å². The third kappa shape index (κ3) is 6.67. The van der Waals surface area contributed by atoms with Crippen molar-refractivity contribution >= 4 is 28.3 Å². The number of halogens is 8. The van der Waals surface area contributed by atoms with Crippen LogP contribution < -0.4 is 15.8 Å². The SMILES string of the molecule is Cn1ccc(C(F)(F)F)c(-c2nccc3c(C[C@H](NC(=O)c4c(F)cc(N5CCOC[C@@H]5C(F)(F)F)cc4F)C(=O)O)cccc23)c1=O. The topological polar surface area (TPSA) is 114 Å². The number of ether oxygens (including phenoxy) is 1. The van der Waals surface area contributed by atoms with Gasteiger partial charge in [-0.3, -0.25) is 14.6 Å². The molecule has 2 aromatic heterocycles. The fourth-order valence-corrected chi connectivity index (χ4v) is 5.52. The second-order valence-corrected chi connectivity index (χ2v) is 10.9. The summed E-state index contributed by atoms with van der Waals surface area (Å²) in [6.45, 7) is -1.30. The Morgan fingerprint density at radius 2 is 1.75 bits per heavy atom. The fourth-order valence-electron chi connectivity index (χ4n) is 5.52. The van der Waals surface area contributed by atoms with Crippen molar-refractivity contribution in [1.82, 2.24) is 14.9 Å². The average Bonchev–Trinajstić information content (AvgIpc) is 3.00. The number of alkyl halides is 6. The predicted octanol–water partition coefficient (Wildman–Crippen LogP) is 5.09. The molecule has 5 rings (SSSR count). The van der Waals surface area contributed by atoms with Gasteiger partial charge in [-0.2, -0.15) is 26.3 Å². The summed E-state index contributed by atoms with van der Waals surface area (Å²) >= 11 is 0.